The van der Waals surface area contributed by atoms with Gasteiger partial charge < -0.3 is 21.3 Å². The molecule has 0 aliphatic heterocycles. The second kappa shape index (κ2) is 15.2. The van der Waals surface area contributed by atoms with Crippen LogP contribution in [0.3, 0.4) is 0 Å². The molecule has 0 heterocycles. The molecule has 0 aliphatic rings. The Hall–Kier alpha value is -4.86. The molecule has 0 fully saturated rings. The molecule has 3 unspecified atom stereocenters. The van der Waals surface area contributed by atoms with Gasteiger partial charge in [0.05, 0.1) is 6.04 Å². The van der Waals surface area contributed by atoms with Gasteiger partial charge in [-0.25, -0.2) is 4.39 Å². The van der Waals surface area contributed by atoms with Crippen molar-refractivity contribution in [3.05, 3.63) is 107 Å². The van der Waals surface area contributed by atoms with Gasteiger partial charge in [0.15, 0.2) is 0 Å². The molecule has 4 amide bonds. The molecule has 0 saturated carbocycles. The van der Waals surface area contributed by atoms with Crippen molar-refractivity contribution in [3.8, 4) is 0 Å². The van der Waals surface area contributed by atoms with Gasteiger partial charge in [-0.2, -0.15) is 0 Å². The monoisotopic (exact) mass is 574 g/mol. The average molecular weight is 575 g/mol. The molecular formula is C32H35FN4O5. The van der Waals surface area contributed by atoms with Crippen LogP contribution in [0.4, 0.5) is 4.39 Å². The Morgan fingerprint density at radius 1 is 0.690 bits per heavy atom. The van der Waals surface area contributed by atoms with Gasteiger partial charge in [-0.3, -0.25) is 24.0 Å². The van der Waals surface area contributed by atoms with Crippen molar-refractivity contribution in [2.75, 3.05) is 0 Å². The van der Waals surface area contributed by atoms with Gasteiger partial charge in [0.1, 0.15) is 17.9 Å². The number of nitrogens with one attached hydrogen (secondary N) is 4. The third-order valence-corrected chi connectivity index (χ3v) is 6.53. The number of Topliss-reactive ketones (excluding diaryl/α,β-unsaturated/α-hetero) is 1. The predicted molar refractivity (Wildman–Crippen MR) is 155 cm³/mol. The van der Waals surface area contributed by atoms with Crippen LogP contribution in [0.25, 0.3) is 0 Å². The molecule has 9 nitrogen and oxygen atoms in total. The molecule has 3 rings (SSSR count). The Morgan fingerprint density at radius 2 is 1.29 bits per heavy atom. The highest BCUT2D eigenvalue weighted by molar-refractivity contribution is 6.38. The lowest BCUT2D eigenvalue weighted by atomic mass is 9.98. The van der Waals surface area contributed by atoms with Crippen LogP contribution in [0, 0.1) is 11.7 Å². The summed E-state index contributed by atoms with van der Waals surface area (Å²) in [5, 5.41) is 10.4. The minimum atomic E-state index is -1.12. The van der Waals surface area contributed by atoms with Crippen molar-refractivity contribution in [1.29, 1.82) is 0 Å². The summed E-state index contributed by atoms with van der Waals surface area (Å²) in [5.74, 6) is -4.33. The first-order chi connectivity index (χ1) is 20.0. The van der Waals surface area contributed by atoms with Crippen LogP contribution in [0.1, 0.15) is 42.3 Å². The number of halogens is 1. The topological polar surface area (TPSA) is 133 Å². The van der Waals surface area contributed by atoms with Gasteiger partial charge in [0, 0.05) is 18.5 Å². The van der Waals surface area contributed by atoms with E-state index in [1.807, 2.05) is 30.3 Å². The van der Waals surface area contributed by atoms with Crippen molar-refractivity contribution in [2.24, 2.45) is 5.92 Å². The zero-order valence-corrected chi connectivity index (χ0v) is 23.7. The first-order valence-corrected chi connectivity index (χ1v) is 13.6. The van der Waals surface area contributed by atoms with E-state index in [1.165, 1.54) is 31.2 Å². The fourth-order valence-electron chi connectivity index (χ4n) is 4.10. The molecule has 10 heteroatoms. The maximum Gasteiger partial charge on any atom is 0.289 e. The number of benzene rings is 3. The van der Waals surface area contributed by atoms with Gasteiger partial charge in [-0.1, -0.05) is 74.5 Å². The fraction of sp³-hybridized carbons (Fsp3) is 0.281. The van der Waals surface area contributed by atoms with E-state index < -0.39 is 59.3 Å². The summed E-state index contributed by atoms with van der Waals surface area (Å²) in [6, 6.07) is 19.6. The third kappa shape index (κ3) is 9.36. The molecule has 0 spiro atoms. The Balaban J connectivity index is 1.65. The van der Waals surface area contributed by atoms with E-state index in [4.69, 9.17) is 0 Å². The van der Waals surface area contributed by atoms with Gasteiger partial charge in [0.2, 0.25) is 17.6 Å². The van der Waals surface area contributed by atoms with Crippen molar-refractivity contribution < 1.29 is 28.4 Å². The average Bonchev–Trinajstić information content (AvgIpc) is 2.99. The van der Waals surface area contributed by atoms with Crippen LogP contribution in [0.2, 0.25) is 0 Å². The summed E-state index contributed by atoms with van der Waals surface area (Å²) in [6.07, 6.45) is 0.0354. The first kappa shape index (κ1) is 31.7. The van der Waals surface area contributed by atoms with Crippen LogP contribution in [-0.2, 0) is 32.1 Å². The Morgan fingerprint density at radius 3 is 1.88 bits per heavy atom. The standard InChI is InChI=1S/C32H35FN4O5/c1-20(2)27(28(38)32(42)34-19-23-10-6-4-7-11-23)37-29(39)21(3)35-31(41)26(18-22-14-16-25(33)17-15-22)36-30(40)24-12-8-5-9-13-24/h4-17,20-21,26-27H,18-19H2,1-3H3,(H,34,42)(H,35,41)(H,36,40)(H,37,39). The van der Waals surface area contributed by atoms with Crippen LogP contribution < -0.4 is 21.3 Å². The smallest absolute Gasteiger partial charge is 0.289 e. The highest BCUT2D eigenvalue weighted by Gasteiger charge is 2.32. The van der Waals surface area contributed by atoms with E-state index in [0.29, 0.717) is 11.1 Å². The molecule has 0 aromatic heterocycles. The lowest BCUT2D eigenvalue weighted by Crippen LogP contribution is -2.57. The summed E-state index contributed by atoms with van der Waals surface area (Å²) in [5.41, 5.74) is 1.74. The third-order valence-electron chi connectivity index (χ3n) is 6.53. The van der Waals surface area contributed by atoms with Gasteiger partial charge in [-0.05, 0) is 48.2 Å². The Labute approximate surface area is 244 Å². The van der Waals surface area contributed by atoms with Gasteiger partial charge in [0.25, 0.3) is 11.8 Å². The van der Waals surface area contributed by atoms with E-state index in [9.17, 15) is 28.4 Å². The maximum atomic E-state index is 13.4. The minimum Gasteiger partial charge on any atom is -0.345 e. The van der Waals surface area contributed by atoms with E-state index in [-0.39, 0.29) is 13.0 Å². The zero-order chi connectivity index (χ0) is 30.6. The van der Waals surface area contributed by atoms with Crippen molar-refractivity contribution in [2.45, 2.75) is 51.9 Å². The van der Waals surface area contributed by atoms with Gasteiger partial charge in [-0.15, -0.1) is 0 Å². The Bertz CT molecular complexity index is 1380. The molecule has 0 bridgehead atoms. The van der Waals surface area contributed by atoms with Crippen LogP contribution >= 0.6 is 0 Å². The molecule has 3 aromatic rings. The summed E-state index contributed by atoms with van der Waals surface area (Å²) in [6.45, 7) is 4.96. The number of amides is 4. The fourth-order valence-corrected chi connectivity index (χ4v) is 4.10. The normalized spacial score (nSPS) is 12.9. The van der Waals surface area contributed by atoms with Gasteiger partial charge >= 0.3 is 0 Å². The number of ketones is 1. The highest BCUT2D eigenvalue weighted by Crippen LogP contribution is 2.09. The van der Waals surface area contributed by atoms with Crippen LogP contribution in [-0.4, -0.2) is 47.5 Å². The highest BCUT2D eigenvalue weighted by atomic mass is 19.1. The lowest BCUT2D eigenvalue weighted by molar-refractivity contribution is -0.141. The first-order valence-electron chi connectivity index (χ1n) is 13.6. The molecule has 0 radical (unpaired) electrons. The second-order valence-electron chi connectivity index (χ2n) is 10.2. The van der Waals surface area contributed by atoms with Crippen molar-refractivity contribution >= 4 is 29.4 Å². The second-order valence-corrected chi connectivity index (χ2v) is 10.2. The SMILES string of the molecule is CC(NC(=O)C(Cc1ccc(F)cc1)NC(=O)c1ccccc1)C(=O)NC(C(=O)C(=O)NCc1ccccc1)C(C)C. The van der Waals surface area contributed by atoms with Crippen molar-refractivity contribution in [3.63, 3.8) is 0 Å². The van der Waals surface area contributed by atoms with Crippen LogP contribution in [0.15, 0.2) is 84.9 Å². The largest absolute Gasteiger partial charge is 0.345 e. The quantitative estimate of drug-likeness (QED) is 0.233. The summed E-state index contributed by atoms with van der Waals surface area (Å²) < 4.78 is 13.4. The molecule has 3 aromatic carbocycles. The number of carbonyl (C=O) groups is 5. The molecule has 42 heavy (non-hydrogen) atoms. The molecule has 3 atom stereocenters. The number of hydrogen-bond acceptors (Lipinski definition) is 5. The summed E-state index contributed by atoms with van der Waals surface area (Å²) in [7, 11) is 0. The summed E-state index contributed by atoms with van der Waals surface area (Å²) >= 11 is 0. The molecule has 220 valence electrons. The number of carbonyl (C=O) groups excluding carboxylic acids is 5. The van der Waals surface area contributed by atoms with E-state index in [2.05, 4.69) is 21.3 Å². The number of hydrogen-bond donors (Lipinski definition) is 4. The lowest BCUT2D eigenvalue weighted by Gasteiger charge is -2.25. The zero-order valence-electron chi connectivity index (χ0n) is 23.7. The van der Waals surface area contributed by atoms with Crippen LogP contribution in [0.5, 0.6) is 0 Å². The van der Waals surface area contributed by atoms with E-state index >= 15 is 0 Å². The van der Waals surface area contributed by atoms with E-state index in [0.717, 1.165) is 5.56 Å². The Kier molecular flexibility index (Phi) is 11.5. The molecular weight excluding hydrogens is 539 g/mol. The molecule has 0 aliphatic carbocycles. The molecule has 4 N–H and O–H groups in total. The predicted octanol–water partition coefficient (Wildman–Crippen LogP) is 2.70. The van der Waals surface area contributed by atoms with Crippen molar-refractivity contribution in [1.82, 2.24) is 21.3 Å². The number of rotatable bonds is 13. The molecule has 0 saturated heterocycles. The van der Waals surface area contributed by atoms with E-state index in [1.54, 1.807) is 44.2 Å². The summed E-state index contributed by atoms with van der Waals surface area (Å²) in [4.78, 5) is 64.5. The maximum absolute atomic E-state index is 13.4. The minimum absolute atomic E-state index is 0.0354.